The van der Waals surface area contributed by atoms with Gasteiger partial charge in [-0.05, 0) is 0 Å². The largest absolute Gasteiger partial charge is 0.508 e. The van der Waals surface area contributed by atoms with Crippen molar-refractivity contribution in [3.8, 4) is 5.75 Å². The summed E-state index contributed by atoms with van der Waals surface area (Å²) in [5.41, 5.74) is 5.87. The molecular formula is C7H6N4O. The molecule has 0 bridgehead atoms. The van der Waals surface area contributed by atoms with Crippen LogP contribution in [-0.4, -0.2) is 11.1 Å². The van der Waals surface area contributed by atoms with Crippen LogP contribution >= 0.6 is 0 Å². The van der Waals surface area contributed by atoms with E-state index in [2.05, 4.69) is 9.98 Å². The van der Waals surface area contributed by atoms with Crippen molar-refractivity contribution in [1.82, 2.24) is 0 Å². The Morgan fingerprint density at radius 1 is 1.33 bits per heavy atom. The van der Waals surface area contributed by atoms with Crippen LogP contribution in [-0.2, 0) is 0 Å². The molecule has 0 unspecified atom stereocenters. The van der Waals surface area contributed by atoms with E-state index in [0.717, 1.165) is 0 Å². The molecule has 0 saturated heterocycles. The molecule has 0 atom stereocenters. The Morgan fingerprint density at radius 3 is 2.83 bits per heavy atom. The van der Waals surface area contributed by atoms with Crippen molar-refractivity contribution in [3.05, 3.63) is 22.8 Å². The SMILES string of the molecule is N=C1N=c2cc(O)cc(N)c2=N1. The molecule has 0 spiro atoms. The molecule has 0 aromatic heterocycles. The summed E-state index contributed by atoms with van der Waals surface area (Å²) in [5.74, 6) is -0.0396. The molecule has 12 heavy (non-hydrogen) atoms. The number of hydrogen-bond acceptors (Lipinski definition) is 3. The summed E-state index contributed by atoms with van der Waals surface area (Å²) in [7, 11) is 0. The normalized spacial score (nSPS) is 13.5. The fourth-order valence-electron chi connectivity index (χ4n) is 1.08. The van der Waals surface area contributed by atoms with Gasteiger partial charge in [-0.3, -0.25) is 5.41 Å². The lowest BCUT2D eigenvalue weighted by Gasteiger charge is -1.92. The quantitative estimate of drug-likeness (QED) is 0.434. The third-order valence-corrected chi connectivity index (χ3v) is 1.55. The molecule has 60 valence electrons. The van der Waals surface area contributed by atoms with Gasteiger partial charge in [0.05, 0.1) is 11.0 Å². The van der Waals surface area contributed by atoms with E-state index in [-0.39, 0.29) is 11.7 Å². The summed E-state index contributed by atoms with van der Waals surface area (Å²) >= 11 is 0. The third-order valence-electron chi connectivity index (χ3n) is 1.55. The van der Waals surface area contributed by atoms with Crippen LogP contribution in [0.1, 0.15) is 0 Å². The standard InChI is InChI=1S/C7H6N4O/c8-4-1-3(12)2-5-6(4)11-7(9)10-5/h1-2,9,12H,8H2. The van der Waals surface area contributed by atoms with Crippen LogP contribution in [0.3, 0.4) is 0 Å². The van der Waals surface area contributed by atoms with Gasteiger partial charge in [0.2, 0.25) is 5.96 Å². The number of nitrogens with two attached hydrogens (primary N) is 1. The van der Waals surface area contributed by atoms with Crippen molar-refractivity contribution in [2.75, 3.05) is 5.73 Å². The molecule has 1 aromatic rings. The molecular weight excluding hydrogens is 156 g/mol. The molecule has 0 aliphatic carbocycles. The maximum absolute atomic E-state index is 9.11. The fourth-order valence-corrected chi connectivity index (χ4v) is 1.08. The van der Waals surface area contributed by atoms with E-state index in [1.54, 1.807) is 0 Å². The third kappa shape index (κ3) is 0.833. The Kier molecular flexibility index (Phi) is 1.15. The smallest absolute Gasteiger partial charge is 0.243 e. The Bertz CT molecular complexity index is 477. The van der Waals surface area contributed by atoms with Crippen molar-refractivity contribution >= 4 is 11.6 Å². The summed E-state index contributed by atoms with van der Waals surface area (Å²) in [4.78, 5) is 7.52. The predicted octanol–water partition coefficient (Wildman–Crippen LogP) is -0.838. The number of fused-ring (bicyclic) bond motifs is 1. The van der Waals surface area contributed by atoms with Gasteiger partial charge >= 0.3 is 0 Å². The topological polar surface area (TPSA) is 94.8 Å². The predicted molar refractivity (Wildman–Crippen MR) is 42.6 cm³/mol. The van der Waals surface area contributed by atoms with Crippen molar-refractivity contribution in [3.63, 3.8) is 0 Å². The lowest BCUT2D eigenvalue weighted by atomic mass is 10.3. The second-order valence-corrected chi connectivity index (χ2v) is 2.45. The van der Waals surface area contributed by atoms with Crippen molar-refractivity contribution in [2.24, 2.45) is 9.98 Å². The summed E-state index contributed by atoms with van der Waals surface area (Å²) in [5, 5.41) is 17.2. The van der Waals surface area contributed by atoms with Gasteiger partial charge in [0.15, 0.2) is 0 Å². The van der Waals surface area contributed by atoms with Crippen molar-refractivity contribution < 1.29 is 5.11 Å². The summed E-state index contributed by atoms with van der Waals surface area (Å²) in [6.07, 6.45) is 0. The minimum atomic E-state index is -0.0812. The van der Waals surface area contributed by atoms with Crippen LogP contribution in [0.15, 0.2) is 22.1 Å². The number of anilines is 1. The molecule has 1 aromatic carbocycles. The summed E-state index contributed by atoms with van der Waals surface area (Å²) in [6.45, 7) is 0. The highest BCUT2D eigenvalue weighted by Gasteiger charge is 2.05. The van der Waals surface area contributed by atoms with Crippen LogP contribution in [0.5, 0.6) is 5.75 Å². The minimum Gasteiger partial charge on any atom is -0.508 e. The first-order valence-corrected chi connectivity index (χ1v) is 3.31. The molecule has 0 amide bonds. The molecule has 2 rings (SSSR count). The number of nitrogen functional groups attached to an aromatic ring is 1. The molecule has 5 heteroatoms. The van der Waals surface area contributed by atoms with E-state index in [0.29, 0.717) is 16.4 Å². The molecule has 0 radical (unpaired) electrons. The van der Waals surface area contributed by atoms with Crippen LogP contribution in [0.4, 0.5) is 5.69 Å². The first-order chi connectivity index (χ1) is 5.66. The zero-order valence-electron chi connectivity index (χ0n) is 6.07. The lowest BCUT2D eigenvalue weighted by Crippen LogP contribution is -2.24. The first-order valence-electron chi connectivity index (χ1n) is 3.31. The second kappa shape index (κ2) is 2.04. The number of phenolic OH excluding ortho intramolecular Hbond substituents is 1. The minimum absolute atomic E-state index is 0.0416. The Labute approximate surface area is 67.4 Å². The van der Waals surface area contributed by atoms with Crippen LogP contribution < -0.4 is 16.4 Å². The van der Waals surface area contributed by atoms with E-state index < -0.39 is 0 Å². The first kappa shape index (κ1) is 6.78. The second-order valence-electron chi connectivity index (χ2n) is 2.45. The van der Waals surface area contributed by atoms with Crippen molar-refractivity contribution in [2.45, 2.75) is 0 Å². The molecule has 4 N–H and O–H groups in total. The summed E-state index contributed by atoms with van der Waals surface area (Å²) < 4.78 is 0. The zero-order valence-corrected chi connectivity index (χ0v) is 6.07. The molecule has 0 saturated carbocycles. The molecule has 5 nitrogen and oxygen atoms in total. The number of nitrogens with one attached hydrogen (secondary N) is 1. The number of aromatic hydroxyl groups is 1. The highest BCUT2D eigenvalue weighted by atomic mass is 16.3. The van der Waals surface area contributed by atoms with Crippen LogP contribution in [0, 0.1) is 5.41 Å². The molecule has 1 aliphatic rings. The zero-order chi connectivity index (χ0) is 8.72. The monoisotopic (exact) mass is 162 g/mol. The molecule has 1 aliphatic heterocycles. The van der Waals surface area contributed by atoms with Gasteiger partial charge in [-0.25, -0.2) is 9.98 Å². The highest BCUT2D eigenvalue weighted by Crippen LogP contribution is 2.06. The lowest BCUT2D eigenvalue weighted by molar-refractivity contribution is 0.475. The van der Waals surface area contributed by atoms with Gasteiger partial charge in [-0.2, -0.15) is 0 Å². The Morgan fingerprint density at radius 2 is 2.08 bits per heavy atom. The highest BCUT2D eigenvalue weighted by molar-refractivity contribution is 5.80. The van der Waals surface area contributed by atoms with Gasteiger partial charge in [0.1, 0.15) is 11.1 Å². The van der Waals surface area contributed by atoms with E-state index in [9.17, 15) is 0 Å². The van der Waals surface area contributed by atoms with Gasteiger partial charge in [-0.1, -0.05) is 0 Å². The fraction of sp³-hybridized carbons (Fsp3) is 0. The maximum Gasteiger partial charge on any atom is 0.243 e. The summed E-state index contributed by atoms with van der Waals surface area (Å²) in [6, 6.07) is 2.81. The average Bonchev–Trinajstić information content (AvgIpc) is 2.29. The Balaban J connectivity index is 2.95. The van der Waals surface area contributed by atoms with E-state index in [1.165, 1.54) is 12.1 Å². The van der Waals surface area contributed by atoms with Gasteiger partial charge in [0.25, 0.3) is 0 Å². The van der Waals surface area contributed by atoms with E-state index in [1.807, 2.05) is 0 Å². The van der Waals surface area contributed by atoms with E-state index >= 15 is 0 Å². The number of nitrogens with zero attached hydrogens (tertiary/aromatic N) is 2. The molecule has 1 heterocycles. The van der Waals surface area contributed by atoms with Crippen molar-refractivity contribution in [1.29, 1.82) is 5.41 Å². The average molecular weight is 162 g/mol. The van der Waals surface area contributed by atoms with Gasteiger partial charge in [0, 0.05) is 12.1 Å². The number of benzene rings is 1. The molecule has 0 fully saturated rings. The maximum atomic E-state index is 9.11. The number of hydrogen-bond donors (Lipinski definition) is 3. The van der Waals surface area contributed by atoms with E-state index in [4.69, 9.17) is 16.2 Å². The number of guanidine groups is 1. The Hall–Kier alpha value is -1.91. The van der Waals surface area contributed by atoms with Crippen LogP contribution in [0.25, 0.3) is 0 Å². The van der Waals surface area contributed by atoms with Gasteiger partial charge < -0.3 is 10.8 Å². The van der Waals surface area contributed by atoms with Gasteiger partial charge in [-0.15, -0.1) is 0 Å². The van der Waals surface area contributed by atoms with Crippen LogP contribution in [0.2, 0.25) is 0 Å². The number of rotatable bonds is 0. The number of phenols is 1.